The van der Waals surface area contributed by atoms with Crippen molar-refractivity contribution in [1.29, 1.82) is 0 Å². The van der Waals surface area contributed by atoms with Gasteiger partial charge in [0.25, 0.3) is 0 Å². The molecule has 0 saturated heterocycles. The third kappa shape index (κ3) is 32.2. The lowest BCUT2D eigenvalue weighted by Gasteiger charge is -2.43. The average Bonchev–Trinajstić information content (AvgIpc) is 3.23. The molecule has 4 unspecified atom stereocenters. The average molecular weight is 967 g/mol. The van der Waals surface area contributed by atoms with E-state index in [-0.39, 0.29) is 27.2 Å². The third-order valence-electron chi connectivity index (χ3n) is 8.52. The van der Waals surface area contributed by atoms with Gasteiger partial charge in [0.15, 0.2) is 0 Å². The number of hydrogen-bond donors (Lipinski definition) is 8. The van der Waals surface area contributed by atoms with Gasteiger partial charge in [-0.2, -0.15) is 0 Å². The van der Waals surface area contributed by atoms with Crippen LogP contribution in [0.4, 0.5) is 0 Å². The van der Waals surface area contributed by atoms with Crippen LogP contribution >= 0.6 is 27.4 Å². The van der Waals surface area contributed by atoms with Gasteiger partial charge in [0.2, 0.25) is 5.12 Å². The predicted molar refractivity (Wildman–Crippen MR) is 258 cm³/mol. The Kier molecular flexibility index (Phi) is 35.2. The normalized spacial score (nSPS) is 20.1. The Bertz CT molecular complexity index is 1860. The highest BCUT2D eigenvalue weighted by atomic mass is 32.2. The zero-order chi connectivity index (χ0) is 47.4. The Morgan fingerprint density at radius 3 is 1.57 bits per heavy atom. The van der Waals surface area contributed by atoms with E-state index in [1.807, 2.05) is 6.92 Å². The minimum Gasteiger partial charge on any atom is -0.457 e. The van der Waals surface area contributed by atoms with Crippen molar-refractivity contribution in [1.82, 2.24) is 0 Å². The molecular weight excluding hydrogens is 882 g/mol. The van der Waals surface area contributed by atoms with Gasteiger partial charge in [0.05, 0.1) is 13.2 Å². The lowest BCUT2D eigenvalue weighted by molar-refractivity contribution is -0.216. The molecule has 8 atom stereocenters. The molecule has 17 nitrogen and oxygen atoms in total. The number of unbranched alkanes of at least 4 members (excludes halogenated alkanes) is 12. The predicted octanol–water partition coefficient (Wildman–Crippen LogP) is 6.53. The summed E-state index contributed by atoms with van der Waals surface area (Å²) in [5.74, 6) is 27.2. The first-order chi connectivity index (χ1) is 30.0. The molecule has 8 N–H and O–H groups in total. The van der Waals surface area contributed by atoms with E-state index in [0.717, 1.165) is 43.9 Å². The quantitative estimate of drug-likeness (QED) is 0.0143. The molecule has 0 spiro atoms. The Labute approximate surface area is 392 Å². The number of rotatable bonds is 27. The number of thioether (sulfide) groups is 1. The molecule has 1 rings (SSSR count). The van der Waals surface area contributed by atoms with E-state index in [1.54, 1.807) is 6.92 Å². The molecule has 0 heterocycles. The lowest BCUT2D eigenvalue weighted by atomic mass is 9.85. The molecule has 0 radical (unpaired) electrons. The number of hydrogen-bond acceptors (Lipinski definition) is 15. The molecule has 0 aromatic heterocycles. The Hall–Kier alpha value is -3.17. The van der Waals surface area contributed by atoms with Crippen molar-refractivity contribution in [3.63, 3.8) is 0 Å². The highest BCUT2D eigenvalue weighted by molar-refractivity contribution is 8.17. The molecule has 1 aliphatic rings. The number of ether oxygens (including phenoxy) is 2. The van der Waals surface area contributed by atoms with Crippen LogP contribution in [0, 0.1) is 70.4 Å². The number of aliphatic hydroxyl groups is 5. The number of phosphoric acid groups is 2. The molecule has 0 aromatic rings. The number of esters is 1. The fourth-order valence-corrected chi connectivity index (χ4v) is 7.52. The summed E-state index contributed by atoms with van der Waals surface area (Å²) < 4.78 is 47.5. The summed E-state index contributed by atoms with van der Waals surface area (Å²) in [7, 11) is -10.5. The minimum atomic E-state index is -5.32. The van der Waals surface area contributed by atoms with Gasteiger partial charge in [-0.15, -0.1) is 0 Å². The Morgan fingerprint density at radius 1 is 0.619 bits per heavy atom. The molecule has 0 aliphatic heterocycles. The smallest absolute Gasteiger partial charge is 0.457 e. The van der Waals surface area contributed by atoms with Crippen LogP contribution < -0.4 is 0 Å². The first-order valence-corrected chi connectivity index (χ1v) is 24.5. The van der Waals surface area contributed by atoms with Crippen molar-refractivity contribution >= 4 is 38.5 Å². The van der Waals surface area contributed by atoms with Crippen molar-refractivity contribution in [2.75, 3.05) is 20.0 Å². The molecule has 63 heavy (non-hydrogen) atoms. The Morgan fingerprint density at radius 2 is 1.10 bits per heavy atom. The van der Waals surface area contributed by atoms with Gasteiger partial charge in [0, 0.05) is 40.3 Å². The first-order valence-electron chi connectivity index (χ1n) is 20.6. The highest BCUT2D eigenvalue weighted by Crippen LogP contribution is 2.49. The van der Waals surface area contributed by atoms with Crippen LogP contribution in [0.2, 0.25) is 0 Å². The fourth-order valence-electron chi connectivity index (χ4n) is 5.46. The standard InChI is InChI=1S/C26H52O16P2.C17H10OS.11H2/c1-2-3-4-5-6-7-8-9-10-11-12-13-14-15-20(28)40-19(16-38-18-27)17-39-44(36,37)42-26-23(31)21(29)22(30)25(24(26)32)41-43(33,34)35;1-3-5-6-7-8-9-10-11-12-13-14-16-19-17(18)15-4-2;;;;;;;;;;;/h19,21-27,29-32H,2-18H2,1H3,(H,36,37)(H2,33,34,35);4,15H2,1-2H3;11*1H/t19-,21-,22+,23?,24+,25?,26?;;;;;;;;;;;;/m1............/s1. The summed E-state index contributed by atoms with van der Waals surface area (Å²) in [5, 5.41) is 52.0. The zero-order valence-corrected chi connectivity index (χ0v) is 38.6. The summed E-state index contributed by atoms with van der Waals surface area (Å²) in [4.78, 5) is 51.5. The summed E-state index contributed by atoms with van der Waals surface area (Å²) in [5.41, 5.74) is 0. The molecule has 374 valence electrons. The van der Waals surface area contributed by atoms with Gasteiger partial charge in [-0.3, -0.25) is 23.2 Å². The van der Waals surface area contributed by atoms with E-state index in [4.69, 9.17) is 33.4 Å². The zero-order valence-electron chi connectivity index (χ0n) is 36.0. The lowest BCUT2D eigenvalue weighted by Crippen LogP contribution is -2.64. The van der Waals surface area contributed by atoms with Crippen LogP contribution in [0.25, 0.3) is 0 Å². The summed E-state index contributed by atoms with van der Waals surface area (Å²) in [6.07, 6.45) is 1.61. The molecule has 1 saturated carbocycles. The first kappa shape index (κ1) is 59.8. The van der Waals surface area contributed by atoms with Gasteiger partial charge in [-0.1, -0.05) is 96.8 Å². The van der Waals surface area contributed by atoms with Crippen LogP contribution in [0.1, 0.15) is 139 Å². The minimum absolute atomic E-state index is 0. The van der Waals surface area contributed by atoms with Crippen LogP contribution in [0.3, 0.4) is 0 Å². The molecule has 20 heteroatoms. The number of carbonyl (C=O) groups excluding carboxylic acids is 2. The van der Waals surface area contributed by atoms with Gasteiger partial charge >= 0.3 is 21.6 Å². The second-order valence-corrected chi connectivity index (χ2v) is 17.2. The van der Waals surface area contributed by atoms with Crippen LogP contribution in [0.5, 0.6) is 0 Å². The van der Waals surface area contributed by atoms with Crippen molar-refractivity contribution in [3.05, 3.63) is 0 Å². The van der Waals surface area contributed by atoms with Gasteiger partial charge in [0.1, 0.15) is 49.5 Å². The number of aliphatic hydroxyl groups excluding tert-OH is 5. The van der Waals surface area contributed by atoms with E-state index in [1.165, 1.54) is 51.4 Å². The fraction of sp³-hybridized carbons (Fsp3) is 0.674. The maximum Gasteiger partial charge on any atom is 0.472 e. The molecule has 1 fully saturated rings. The molecule has 0 bridgehead atoms. The highest BCUT2D eigenvalue weighted by Gasteiger charge is 2.54. The molecule has 1 aliphatic carbocycles. The maximum atomic E-state index is 12.5. The van der Waals surface area contributed by atoms with Crippen molar-refractivity contribution in [2.24, 2.45) is 0 Å². The monoisotopic (exact) mass is 966 g/mol. The second-order valence-electron chi connectivity index (χ2n) is 13.8. The van der Waals surface area contributed by atoms with Gasteiger partial charge < -0.3 is 49.7 Å². The summed E-state index contributed by atoms with van der Waals surface area (Å²) in [6.45, 7) is 3.90. The molecule has 0 aromatic carbocycles. The molecular formula is C43H84O17P2S. The van der Waals surface area contributed by atoms with E-state index in [9.17, 15) is 44.0 Å². The number of carbonyl (C=O) groups is 2. The second kappa shape index (κ2) is 37.1. The number of phosphoric ester groups is 2. The summed E-state index contributed by atoms with van der Waals surface area (Å²) in [6, 6.07) is 0. The van der Waals surface area contributed by atoms with Crippen LogP contribution in [0.15, 0.2) is 0 Å². The van der Waals surface area contributed by atoms with Gasteiger partial charge in [-0.05, 0) is 84.2 Å². The van der Waals surface area contributed by atoms with E-state index in [2.05, 4.69) is 81.8 Å². The van der Waals surface area contributed by atoms with Crippen molar-refractivity contribution in [2.45, 2.75) is 166 Å². The van der Waals surface area contributed by atoms with E-state index >= 15 is 0 Å². The summed E-state index contributed by atoms with van der Waals surface area (Å²) >= 11 is 0.971. The molecule has 0 amide bonds. The van der Waals surface area contributed by atoms with E-state index < -0.39 is 84.3 Å². The SMILES string of the molecule is CC#CC#CC#CC#CC#CC#CSC(=O)CCC.CCCCCCCCCCCCCCCC(=O)O[C@H](COCO)COP(=O)(O)OC1C(O)[C@H](O)[C@H](O)C(OP(=O)(O)O)[C@@H]1O.[HH].[HH].[HH].[HH].[HH].[HH].[HH].[HH].[HH].[HH].[HH]. The largest absolute Gasteiger partial charge is 0.472 e. The van der Waals surface area contributed by atoms with Crippen molar-refractivity contribution < 1.29 is 97.7 Å². The van der Waals surface area contributed by atoms with Crippen LogP contribution in [-0.4, -0.2) is 114 Å². The third-order valence-corrected chi connectivity index (χ3v) is 10.7. The van der Waals surface area contributed by atoms with Crippen molar-refractivity contribution in [3.8, 4) is 70.4 Å². The van der Waals surface area contributed by atoms with Crippen LogP contribution in [-0.2, 0) is 41.8 Å². The topological polar surface area (TPSA) is 276 Å². The Balaban J connectivity index is -0.000000111. The van der Waals surface area contributed by atoms with E-state index in [0.29, 0.717) is 12.8 Å². The van der Waals surface area contributed by atoms with Gasteiger partial charge in [-0.25, -0.2) is 9.13 Å². The maximum absolute atomic E-state index is 12.5.